The first kappa shape index (κ1) is 21.9. The molecule has 9 heteroatoms. The molecule has 2 aromatic carbocycles. The largest absolute Gasteiger partial charge is 0.356 e. The monoisotopic (exact) mass is 414 g/mol. The Morgan fingerprint density at radius 1 is 1.00 bits per heavy atom. The fourth-order valence-electron chi connectivity index (χ4n) is 2.56. The average Bonchev–Trinajstić information content (AvgIpc) is 2.61. The van der Waals surface area contributed by atoms with Gasteiger partial charge in [0.15, 0.2) is 0 Å². The second-order valence-corrected chi connectivity index (χ2v) is 8.31. The lowest BCUT2D eigenvalue weighted by molar-refractivity contribution is -0.121. The third-order valence-corrected chi connectivity index (χ3v) is 5.93. The van der Waals surface area contributed by atoms with Crippen LogP contribution in [0, 0.1) is 17.5 Å². The molecule has 0 aliphatic heterocycles. The number of hydrogen-bond donors (Lipinski definition) is 1. The zero-order valence-corrected chi connectivity index (χ0v) is 16.1. The smallest absolute Gasteiger partial charge is 0.242 e. The Balaban J connectivity index is 1.74. The Kier molecular flexibility index (Phi) is 7.59. The van der Waals surface area contributed by atoms with Gasteiger partial charge >= 0.3 is 0 Å². The first-order chi connectivity index (χ1) is 13.2. The minimum Gasteiger partial charge on any atom is -0.356 e. The number of sulfonamides is 1. The van der Waals surface area contributed by atoms with Gasteiger partial charge in [-0.25, -0.2) is 25.9 Å². The highest BCUT2D eigenvalue weighted by Gasteiger charge is 2.20. The van der Waals surface area contributed by atoms with Crippen molar-refractivity contribution >= 4 is 15.9 Å². The van der Waals surface area contributed by atoms with Gasteiger partial charge in [0.25, 0.3) is 0 Å². The fraction of sp³-hybridized carbons (Fsp3) is 0.316. The van der Waals surface area contributed by atoms with Crippen molar-refractivity contribution in [3.63, 3.8) is 0 Å². The predicted octanol–water partition coefficient (Wildman–Crippen LogP) is 2.86. The molecule has 0 bridgehead atoms. The van der Waals surface area contributed by atoms with Crippen LogP contribution < -0.4 is 5.32 Å². The molecule has 0 heterocycles. The molecule has 0 unspecified atom stereocenters. The van der Waals surface area contributed by atoms with Crippen molar-refractivity contribution in [2.24, 2.45) is 0 Å². The number of nitrogens with zero attached hydrogens (tertiary/aromatic N) is 1. The van der Waals surface area contributed by atoms with Gasteiger partial charge in [-0.2, -0.15) is 0 Å². The molecule has 2 rings (SSSR count). The summed E-state index contributed by atoms with van der Waals surface area (Å²) in [4.78, 5) is 11.8. The molecular formula is C19H21F3N2O3S. The zero-order chi connectivity index (χ0) is 20.7. The van der Waals surface area contributed by atoms with E-state index in [1.165, 1.54) is 31.3 Å². The molecule has 0 fully saturated rings. The lowest BCUT2D eigenvalue weighted by Crippen LogP contribution is -2.30. The van der Waals surface area contributed by atoms with Crippen molar-refractivity contribution in [2.45, 2.75) is 24.2 Å². The SMILES string of the molecule is CN(CCCC(=O)NCCc1cc(F)cc(F)c1)S(=O)(=O)c1ccc(F)cc1. The second kappa shape index (κ2) is 9.70. The molecule has 0 saturated carbocycles. The molecular weight excluding hydrogens is 393 g/mol. The van der Waals surface area contributed by atoms with Crippen molar-refractivity contribution in [3.05, 3.63) is 65.5 Å². The highest BCUT2D eigenvalue weighted by molar-refractivity contribution is 7.89. The van der Waals surface area contributed by atoms with E-state index in [9.17, 15) is 26.4 Å². The van der Waals surface area contributed by atoms with Gasteiger partial charge in [0.2, 0.25) is 15.9 Å². The van der Waals surface area contributed by atoms with E-state index in [-0.39, 0.29) is 43.2 Å². The lowest BCUT2D eigenvalue weighted by Gasteiger charge is -2.17. The van der Waals surface area contributed by atoms with Gasteiger partial charge in [-0.15, -0.1) is 0 Å². The number of halogens is 3. The molecule has 0 spiro atoms. The second-order valence-electron chi connectivity index (χ2n) is 6.26. The van der Waals surface area contributed by atoms with Crippen LogP contribution in [0.4, 0.5) is 13.2 Å². The van der Waals surface area contributed by atoms with E-state index in [2.05, 4.69) is 5.32 Å². The summed E-state index contributed by atoms with van der Waals surface area (Å²) in [6, 6.07) is 7.68. The number of hydrogen-bond acceptors (Lipinski definition) is 3. The molecule has 1 N–H and O–H groups in total. The number of benzene rings is 2. The number of nitrogens with one attached hydrogen (secondary N) is 1. The van der Waals surface area contributed by atoms with Gasteiger partial charge < -0.3 is 5.32 Å². The molecule has 152 valence electrons. The summed E-state index contributed by atoms with van der Waals surface area (Å²) in [6.45, 7) is 0.327. The molecule has 0 atom stereocenters. The Bertz CT molecular complexity index is 898. The Labute approximate surface area is 162 Å². The molecule has 0 aliphatic rings. The molecule has 28 heavy (non-hydrogen) atoms. The quantitative estimate of drug-likeness (QED) is 0.686. The molecule has 5 nitrogen and oxygen atoms in total. The van der Waals surface area contributed by atoms with Crippen molar-refractivity contribution < 1.29 is 26.4 Å². The molecule has 0 radical (unpaired) electrons. The van der Waals surface area contributed by atoms with Gasteiger partial charge in [-0.1, -0.05) is 0 Å². The molecule has 0 aliphatic carbocycles. The Morgan fingerprint density at radius 2 is 1.61 bits per heavy atom. The summed E-state index contributed by atoms with van der Waals surface area (Å²) in [5.74, 6) is -2.16. The summed E-state index contributed by atoms with van der Waals surface area (Å²) in [5.41, 5.74) is 0.433. The fourth-order valence-corrected chi connectivity index (χ4v) is 3.77. The first-order valence-corrected chi connectivity index (χ1v) is 10.1. The van der Waals surface area contributed by atoms with Crippen molar-refractivity contribution in [2.75, 3.05) is 20.1 Å². The van der Waals surface area contributed by atoms with Crippen molar-refractivity contribution in [3.8, 4) is 0 Å². The molecule has 0 saturated heterocycles. The third kappa shape index (κ3) is 6.35. The highest BCUT2D eigenvalue weighted by Crippen LogP contribution is 2.15. The summed E-state index contributed by atoms with van der Waals surface area (Å²) < 4.78 is 64.9. The third-order valence-electron chi connectivity index (χ3n) is 4.06. The van der Waals surface area contributed by atoms with Crippen LogP contribution in [0.25, 0.3) is 0 Å². The van der Waals surface area contributed by atoms with E-state index in [4.69, 9.17) is 0 Å². The first-order valence-electron chi connectivity index (χ1n) is 8.62. The van der Waals surface area contributed by atoms with Crippen LogP contribution in [-0.2, 0) is 21.2 Å². The Hall–Kier alpha value is -2.39. The summed E-state index contributed by atoms with van der Waals surface area (Å²) in [6.07, 6.45) is 0.664. The van der Waals surface area contributed by atoms with Crippen molar-refractivity contribution in [1.29, 1.82) is 0 Å². The number of rotatable bonds is 9. The summed E-state index contributed by atoms with van der Waals surface area (Å²) in [5, 5.41) is 2.63. The molecule has 1 amide bonds. The number of carbonyl (C=O) groups excluding carboxylic acids is 1. The van der Waals surface area contributed by atoms with Crippen LogP contribution in [0.5, 0.6) is 0 Å². The normalized spacial score (nSPS) is 11.6. The van der Waals surface area contributed by atoms with E-state index in [0.29, 0.717) is 5.56 Å². The van der Waals surface area contributed by atoms with Gasteiger partial charge in [0.05, 0.1) is 4.90 Å². The maximum Gasteiger partial charge on any atom is 0.242 e. The number of carbonyl (C=O) groups is 1. The van der Waals surface area contributed by atoms with E-state index in [1.807, 2.05) is 0 Å². The van der Waals surface area contributed by atoms with E-state index >= 15 is 0 Å². The lowest BCUT2D eigenvalue weighted by atomic mass is 10.1. The van der Waals surface area contributed by atoms with Crippen LogP contribution >= 0.6 is 0 Å². The van der Waals surface area contributed by atoms with E-state index in [1.54, 1.807) is 0 Å². The van der Waals surface area contributed by atoms with Crippen LogP contribution in [0.15, 0.2) is 47.4 Å². The van der Waals surface area contributed by atoms with Crippen LogP contribution in [0.3, 0.4) is 0 Å². The maximum atomic E-state index is 13.1. The molecule has 0 aromatic heterocycles. The summed E-state index contributed by atoms with van der Waals surface area (Å²) >= 11 is 0. The number of amides is 1. The predicted molar refractivity (Wildman–Crippen MR) is 98.5 cm³/mol. The van der Waals surface area contributed by atoms with Crippen LogP contribution in [-0.4, -0.2) is 38.8 Å². The maximum absolute atomic E-state index is 13.1. The standard InChI is InChI=1S/C19H21F3N2O3S/c1-24(28(26,27)18-6-4-15(20)5-7-18)10-2-3-19(25)23-9-8-14-11-16(21)13-17(22)12-14/h4-7,11-13H,2-3,8-10H2,1H3,(H,23,25). The minimum atomic E-state index is -3.75. The molecule has 2 aromatic rings. The zero-order valence-electron chi connectivity index (χ0n) is 15.3. The van der Waals surface area contributed by atoms with Gasteiger partial charge in [0.1, 0.15) is 17.5 Å². The Morgan fingerprint density at radius 3 is 2.21 bits per heavy atom. The van der Waals surface area contributed by atoms with Gasteiger partial charge in [-0.3, -0.25) is 4.79 Å². The average molecular weight is 414 g/mol. The van der Waals surface area contributed by atoms with E-state index in [0.717, 1.165) is 22.5 Å². The van der Waals surface area contributed by atoms with Crippen LogP contribution in [0.1, 0.15) is 18.4 Å². The van der Waals surface area contributed by atoms with Crippen LogP contribution in [0.2, 0.25) is 0 Å². The van der Waals surface area contributed by atoms with Crippen molar-refractivity contribution in [1.82, 2.24) is 9.62 Å². The summed E-state index contributed by atoms with van der Waals surface area (Å²) in [7, 11) is -2.37. The highest BCUT2D eigenvalue weighted by atomic mass is 32.2. The minimum absolute atomic E-state index is 0.0248. The van der Waals surface area contributed by atoms with E-state index < -0.39 is 27.5 Å². The van der Waals surface area contributed by atoms with Gasteiger partial charge in [0, 0.05) is 32.6 Å². The topological polar surface area (TPSA) is 66.5 Å². The van der Waals surface area contributed by atoms with Gasteiger partial charge in [-0.05, 0) is 54.8 Å².